The van der Waals surface area contributed by atoms with Gasteiger partial charge in [0.25, 0.3) is 0 Å². The van der Waals surface area contributed by atoms with E-state index in [1.54, 1.807) is 26.4 Å². The SMILES string of the molecule is COc1cccc(NC(=O)CSc2nnc3c(n2)[nH]c2ccc(OC)cc23)c1. The highest BCUT2D eigenvalue weighted by atomic mass is 32.2. The lowest BCUT2D eigenvalue weighted by atomic mass is 10.2. The fourth-order valence-corrected chi connectivity index (χ4v) is 3.34. The molecule has 28 heavy (non-hydrogen) atoms. The molecule has 2 heterocycles. The van der Waals surface area contributed by atoms with Gasteiger partial charge in [-0.2, -0.15) is 0 Å². The van der Waals surface area contributed by atoms with E-state index in [2.05, 4.69) is 25.5 Å². The molecule has 0 spiro atoms. The summed E-state index contributed by atoms with van der Waals surface area (Å²) in [4.78, 5) is 19.9. The molecule has 0 atom stereocenters. The van der Waals surface area contributed by atoms with E-state index in [1.807, 2.05) is 30.3 Å². The number of hydrogen-bond donors (Lipinski definition) is 2. The third-order valence-electron chi connectivity index (χ3n) is 4.09. The molecule has 2 N–H and O–H groups in total. The number of fused-ring (bicyclic) bond motifs is 3. The maximum Gasteiger partial charge on any atom is 0.234 e. The molecule has 142 valence electrons. The zero-order valence-electron chi connectivity index (χ0n) is 15.2. The van der Waals surface area contributed by atoms with Crippen molar-refractivity contribution in [1.29, 1.82) is 0 Å². The number of amides is 1. The fraction of sp³-hybridized carbons (Fsp3) is 0.158. The number of anilines is 1. The van der Waals surface area contributed by atoms with E-state index in [4.69, 9.17) is 9.47 Å². The first-order chi connectivity index (χ1) is 13.7. The van der Waals surface area contributed by atoms with Crippen molar-refractivity contribution in [2.24, 2.45) is 0 Å². The Balaban J connectivity index is 1.47. The van der Waals surface area contributed by atoms with E-state index in [0.717, 1.165) is 16.7 Å². The van der Waals surface area contributed by atoms with Gasteiger partial charge in [-0.1, -0.05) is 17.8 Å². The zero-order chi connectivity index (χ0) is 19.5. The van der Waals surface area contributed by atoms with Crippen molar-refractivity contribution >= 4 is 45.4 Å². The minimum absolute atomic E-state index is 0.164. The third kappa shape index (κ3) is 3.70. The summed E-state index contributed by atoms with van der Waals surface area (Å²) in [6, 6.07) is 12.8. The van der Waals surface area contributed by atoms with Gasteiger partial charge in [-0.15, -0.1) is 10.2 Å². The van der Waals surface area contributed by atoms with E-state index in [0.29, 0.717) is 27.8 Å². The summed E-state index contributed by atoms with van der Waals surface area (Å²) >= 11 is 1.22. The zero-order valence-corrected chi connectivity index (χ0v) is 16.0. The average Bonchev–Trinajstić information content (AvgIpc) is 3.09. The summed E-state index contributed by atoms with van der Waals surface area (Å²) in [7, 11) is 3.20. The number of methoxy groups -OCH3 is 2. The normalized spacial score (nSPS) is 10.9. The number of H-pyrrole nitrogens is 1. The van der Waals surface area contributed by atoms with Crippen LogP contribution in [0.5, 0.6) is 11.5 Å². The molecule has 0 unspecified atom stereocenters. The fourth-order valence-electron chi connectivity index (χ4n) is 2.75. The number of rotatable bonds is 6. The first kappa shape index (κ1) is 18.1. The Hall–Kier alpha value is -3.33. The number of thioether (sulfide) groups is 1. The number of aromatic nitrogens is 4. The van der Waals surface area contributed by atoms with Crippen LogP contribution < -0.4 is 14.8 Å². The second-order valence-electron chi connectivity index (χ2n) is 5.90. The molecular formula is C19H17N5O3S. The molecule has 8 nitrogen and oxygen atoms in total. The number of benzene rings is 2. The standard InChI is InChI=1S/C19H17N5O3S/c1-26-12-5-3-4-11(8-12)20-16(25)10-28-19-22-18-17(23-24-19)14-9-13(27-2)6-7-15(14)21-18/h3-9H,10H2,1-2H3,(H,20,25)(H,21,22,24). The van der Waals surface area contributed by atoms with Crippen LogP contribution >= 0.6 is 11.8 Å². The van der Waals surface area contributed by atoms with Crippen LogP contribution in [0, 0.1) is 0 Å². The van der Waals surface area contributed by atoms with E-state index in [-0.39, 0.29) is 11.7 Å². The number of hydrogen-bond acceptors (Lipinski definition) is 7. The predicted molar refractivity (Wildman–Crippen MR) is 108 cm³/mol. The van der Waals surface area contributed by atoms with Crippen molar-refractivity contribution in [1.82, 2.24) is 20.2 Å². The molecule has 0 radical (unpaired) electrons. The first-order valence-corrected chi connectivity index (χ1v) is 9.41. The van der Waals surface area contributed by atoms with Gasteiger partial charge in [0.1, 0.15) is 17.0 Å². The van der Waals surface area contributed by atoms with Gasteiger partial charge in [0.2, 0.25) is 11.1 Å². The van der Waals surface area contributed by atoms with Crippen molar-refractivity contribution in [3.63, 3.8) is 0 Å². The number of nitrogens with one attached hydrogen (secondary N) is 2. The van der Waals surface area contributed by atoms with Crippen molar-refractivity contribution < 1.29 is 14.3 Å². The molecule has 1 amide bonds. The monoisotopic (exact) mass is 395 g/mol. The molecule has 0 fully saturated rings. The number of carbonyl (C=O) groups is 1. The molecule has 2 aromatic carbocycles. The Morgan fingerprint density at radius 2 is 1.93 bits per heavy atom. The highest BCUT2D eigenvalue weighted by molar-refractivity contribution is 7.99. The van der Waals surface area contributed by atoms with Crippen LogP contribution in [-0.2, 0) is 4.79 Å². The van der Waals surface area contributed by atoms with Crippen molar-refractivity contribution in [3.05, 3.63) is 42.5 Å². The molecule has 0 aliphatic heterocycles. The Morgan fingerprint density at radius 3 is 2.75 bits per heavy atom. The summed E-state index contributed by atoms with van der Waals surface area (Å²) in [6.07, 6.45) is 0. The Bertz CT molecular complexity index is 1160. The van der Waals surface area contributed by atoms with Crippen LogP contribution in [-0.4, -0.2) is 46.0 Å². The number of nitrogens with zero attached hydrogens (tertiary/aromatic N) is 3. The average molecular weight is 395 g/mol. The molecule has 4 rings (SSSR count). The van der Waals surface area contributed by atoms with Gasteiger partial charge >= 0.3 is 0 Å². The first-order valence-electron chi connectivity index (χ1n) is 8.43. The highest BCUT2D eigenvalue weighted by Gasteiger charge is 2.12. The smallest absolute Gasteiger partial charge is 0.234 e. The second kappa shape index (κ2) is 7.73. The maximum atomic E-state index is 12.2. The summed E-state index contributed by atoms with van der Waals surface area (Å²) in [5.41, 5.74) is 2.85. The van der Waals surface area contributed by atoms with Crippen LogP contribution in [0.1, 0.15) is 0 Å². The number of ether oxygens (including phenoxy) is 2. The molecule has 2 aromatic heterocycles. The minimum atomic E-state index is -0.164. The second-order valence-corrected chi connectivity index (χ2v) is 6.84. The lowest BCUT2D eigenvalue weighted by Crippen LogP contribution is -2.14. The number of carbonyl (C=O) groups excluding carboxylic acids is 1. The number of aromatic amines is 1. The van der Waals surface area contributed by atoms with Crippen LogP contribution in [0.15, 0.2) is 47.6 Å². The predicted octanol–water partition coefficient (Wildman–Crippen LogP) is 3.25. The molecule has 4 aromatic rings. The Labute approximate surface area is 164 Å². The van der Waals surface area contributed by atoms with Crippen LogP contribution in [0.4, 0.5) is 5.69 Å². The van der Waals surface area contributed by atoms with Gasteiger partial charge in [0.05, 0.1) is 20.0 Å². The van der Waals surface area contributed by atoms with Gasteiger partial charge in [-0.05, 0) is 30.3 Å². The minimum Gasteiger partial charge on any atom is -0.497 e. The van der Waals surface area contributed by atoms with Gasteiger partial charge in [-0.25, -0.2) is 4.98 Å². The quantitative estimate of drug-likeness (QED) is 0.483. The summed E-state index contributed by atoms with van der Waals surface area (Å²) in [6.45, 7) is 0. The maximum absolute atomic E-state index is 12.2. The van der Waals surface area contributed by atoms with Crippen LogP contribution in [0.2, 0.25) is 0 Å². The summed E-state index contributed by atoms with van der Waals surface area (Å²) in [5, 5.41) is 12.5. The molecule has 0 bridgehead atoms. The molecule has 0 aliphatic rings. The van der Waals surface area contributed by atoms with Crippen molar-refractivity contribution in [3.8, 4) is 11.5 Å². The lowest BCUT2D eigenvalue weighted by molar-refractivity contribution is -0.113. The molecular weight excluding hydrogens is 378 g/mol. The van der Waals surface area contributed by atoms with Crippen LogP contribution in [0.3, 0.4) is 0 Å². The van der Waals surface area contributed by atoms with E-state index in [1.165, 1.54) is 11.8 Å². The van der Waals surface area contributed by atoms with Crippen molar-refractivity contribution in [2.45, 2.75) is 5.16 Å². The van der Waals surface area contributed by atoms with Crippen molar-refractivity contribution in [2.75, 3.05) is 25.3 Å². The van der Waals surface area contributed by atoms with Gasteiger partial charge in [0.15, 0.2) is 5.65 Å². The third-order valence-corrected chi connectivity index (χ3v) is 4.93. The highest BCUT2D eigenvalue weighted by Crippen LogP contribution is 2.27. The Kier molecular flexibility index (Phi) is 4.98. The van der Waals surface area contributed by atoms with Gasteiger partial charge in [0, 0.05) is 22.7 Å². The van der Waals surface area contributed by atoms with E-state index in [9.17, 15) is 4.79 Å². The molecule has 9 heteroatoms. The van der Waals surface area contributed by atoms with Gasteiger partial charge < -0.3 is 19.8 Å². The Morgan fingerprint density at radius 1 is 1.11 bits per heavy atom. The van der Waals surface area contributed by atoms with Crippen LogP contribution in [0.25, 0.3) is 22.1 Å². The summed E-state index contributed by atoms with van der Waals surface area (Å²) in [5.74, 6) is 1.42. The molecule has 0 saturated carbocycles. The molecule has 0 aliphatic carbocycles. The molecule has 0 saturated heterocycles. The largest absolute Gasteiger partial charge is 0.497 e. The topological polar surface area (TPSA) is 102 Å². The lowest BCUT2D eigenvalue weighted by Gasteiger charge is -2.06. The summed E-state index contributed by atoms with van der Waals surface area (Å²) < 4.78 is 10.4. The van der Waals surface area contributed by atoms with E-state index >= 15 is 0 Å². The van der Waals surface area contributed by atoms with E-state index < -0.39 is 0 Å². The van der Waals surface area contributed by atoms with Gasteiger partial charge in [-0.3, -0.25) is 4.79 Å².